The summed E-state index contributed by atoms with van der Waals surface area (Å²) in [6, 6.07) is 10.3. The molecule has 2 N–H and O–H groups in total. The second kappa shape index (κ2) is 6.46. The molecule has 0 bridgehead atoms. The Morgan fingerprint density at radius 1 is 1.14 bits per heavy atom. The topological polar surface area (TPSA) is 36.0 Å². The molecule has 0 aliphatic rings. The van der Waals surface area contributed by atoms with Crippen LogP contribution >= 0.6 is 12.4 Å². The highest BCUT2D eigenvalue weighted by Crippen LogP contribution is 2.09. The van der Waals surface area contributed by atoms with E-state index in [1.807, 2.05) is 18.3 Å². The summed E-state index contributed by atoms with van der Waals surface area (Å²) in [5.41, 5.74) is 1.21. The summed E-state index contributed by atoms with van der Waals surface area (Å²) >= 11 is 0. The van der Waals surface area contributed by atoms with Crippen molar-refractivity contribution in [1.82, 2.24) is 4.98 Å². The highest BCUT2D eigenvalue weighted by molar-refractivity contribution is 5.85. The third kappa shape index (κ3) is 4.30. The number of fused-ring (bicyclic) bond motifs is 1. The number of H-pyrrole nitrogens is 1. The standard InChI is InChI=1S/C8H7N.C3H8O.ClH/c1-2-4-8-7(3-1)5-6-9-8;1-3(2)4;/h1-6,9H;3-4H,1-2H3;1H. The lowest BCUT2D eigenvalue weighted by molar-refractivity contribution is 0.216. The number of aliphatic hydroxyl groups is 1. The zero-order chi connectivity index (χ0) is 9.68. The molecule has 78 valence electrons. The maximum atomic E-state index is 8.06. The molecule has 2 aromatic rings. The van der Waals surface area contributed by atoms with Gasteiger partial charge in [0.1, 0.15) is 0 Å². The van der Waals surface area contributed by atoms with Gasteiger partial charge in [0, 0.05) is 17.8 Å². The zero-order valence-corrected chi connectivity index (χ0v) is 9.21. The summed E-state index contributed by atoms with van der Waals surface area (Å²) in [6.07, 6.45) is 1.78. The van der Waals surface area contributed by atoms with Crippen LogP contribution in [0.1, 0.15) is 13.8 Å². The Hall–Kier alpha value is -0.990. The van der Waals surface area contributed by atoms with E-state index < -0.39 is 0 Å². The van der Waals surface area contributed by atoms with E-state index in [0.717, 1.165) is 0 Å². The predicted molar refractivity (Wildman–Crippen MR) is 62.9 cm³/mol. The first-order chi connectivity index (χ1) is 6.20. The molecule has 1 heterocycles. The Labute approximate surface area is 90.4 Å². The maximum Gasteiger partial charge on any atom is 0.0483 e. The van der Waals surface area contributed by atoms with Gasteiger partial charge in [-0.05, 0) is 31.4 Å². The molecule has 0 saturated carbocycles. The molecule has 0 aliphatic carbocycles. The van der Waals surface area contributed by atoms with Crippen LogP contribution in [0.25, 0.3) is 10.9 Å². The molecule has 0 aliphatic heterocycles. The van der Waals surface area contributed by atoms with Crippen molar-refractivity contribution < 1.29 is 5.11 Å². The van der Waals surface area contributed by atoms with E-state index >= 15 is 0 Å². The van der Waals surface area contributed by atoms with Crippen molar-refractivity contribution in [3.8, 4) is 0 Å². The van der Waals surface area contributed by atoms with Gasteiger partial charge in [-0.25, -0.2) is 0 Å². The van der Waals surface area contributed by atoms with Gasteiger partial charge in [0.15, 0.2) is 0 Å². The van der Waals surface area contributed by atoms with Gasteiger partial charge < -0.3 is 10.1 Å². The van der Waals surface area contributed by atoms with Crippen molar-refractivity contribution in [2.75, 3.05) is 0 Å². The van der Waals surface area contributed by atoms with Gasteiger partial charge in [-0.15, -0.1) is 12.4 Å². The van der Waals surface area contributed by atoms with E-state index in [1.54, 1.807) is 13.8 Å². The quantitative estimate of drug-likeness (QED) is 0.694. The molecule has 0 radical (unpaired) electrons. The van der Waals surface area contributed by atoms with Crippen molar-refractivity contribution in [1.29, 1.82) is 0 Å². The van der Waals surface area contributed by atoms with Crippen LogP contribution in [0.4, 0.5) is 0 Å². The smallest absolute Gasteiger partial charge is 0.0483 e. The Morgan fingerprint density at radius 2 is 1.71 bits per heavy atom. The van der Waals surface area contributed by atoms with Crippen molar-refractivity contribution in [2.24, 2.45) is 0 Å². The van der Waals surface area contributed by atoms with Gasteiger partial charge in [-0.1, -0.05) is 18.2 Å². The number of para-hydroxylation sites is 1. The number of hydrogen-bond acceptors (Lipinski definition) is 1. The number of aliphatic hydroxyl groups excluding tert-OH is 1. The van der Waals surface area contributed by atoms with Gasteiger partial charge >= 0.3 is 0 Å². The number of aromatic nitrogens is 1. The Balaban J connectivity index is 0.000000299. The average Bonchev–Trinajstić information content (AvgIpc) is 2.49. The van der Waals surface area contributed by atoms with Crippen LogP contribution in [-0.2, 0) is 0 Å². The fourth-order valence-corrected chi connectivity index (χ4v) is 0.995. The normalized spacial score (nSPS) is 9.14. The first kappa shape index (κ1) is 13.0. The number of hydrogen-bond donors (Lipinski definition) is 2. The molecule has 0 spiro atoms. The minimum absolute atomic E-state index is 0. The van der Waals surface area contributed by atoms with Crippen LogP contribution in [-0.4, -0.2) is 16.2 Å². The Morgan fingerprint density at radius 3 is 2.29 bits per heavy atom. The second-order valence-electron chi connectivity index (χ2n) is 3.16. The van der Waals surface area contributed by atoms with Crippen LogP contribution in [0.2, 0.25) is 0 Å². The lowest BCUT2D eigenvalue weighted by atomic mass is 10.3. The van der Waals surface area contributed by atoms with Crippen molar-refractivity contribution >= 4 is 23.3 Å². The van der Waals surface area contributed by atoms with E-state index in [9.17, 15) is 0 Å². The third-order valence-electron chi connectivity index (χ3n) is 1.46. The second-order valence-corrected chi connectivity index (χ2v) is 3.16. The highest BCUT2D eigenvalue weighted by Gasteiger charge is 1.86. The molecule has 0 unspecified atom stereocenters. The number of halogens is 1. The number of aromatic amines is 1. The molecule has 0 atom stereocenters. The largest absolute Gasteiger partial charge is 0.394 e. The van der Waals surface area contributed by atoms with Crippen LogP contribution in [0.3, 0.4) is 0 Å². The molecule has 14 heavy (non-hydrogen) atoms. The molecule has 3 heteroatoms. The fourth-order valence-electron chi connectivity index (χ4n) is 0.995. The summed E-state index contributed by atoms with van der Waals surface area (Å²) in [5.74, 6) is 0. The van der Waals surface area contributed by atoms with Crippen molar-refractivity contribution in [3.05, 3.63) is 36.5 Å². The molecular weight excluding hydrogens is 198 g/mol. The average molecular weight is 214 g/mol. The third-order valence-corrected chi connectivity index (χ3v) is 1.46. The van der Waals surface area contributed by atoms with Gasteiger partial charge in [-0.3, -0.25) is 0 Å². The summed E-state index contributed by atoms with van der Waals surface area (Å²) in [4.78, 5) is 3.12. The number of benzene rings is 1. The molecule has 2 rings (SSSR count). The van der Waals surface area contributed by atoms with Crippen molar-refractivity contribution in [3.63, 3.8) is 0 Å². The summed E-state index contributed by atoms with van der Waals surface area (Å²) < 4.78 is 0. The molecule has 1 aromatic carbocycles. The summed E-state index contributed by atoms with van der Waals surface area (Å²) in [5, 5.41) is 9.33. The zero-order valence-electron chi connectivity index (χ0n) is 8.40. The van der Waals surface area contributed by atoms with Crippen LogP contribution < -0.4 is 0 Å². The SMILES string of the molecule is CC(C)O.Cl.c1ccc2[nH]ccc2c1. The minimum atomic E-state index is -0.167. The fraction of sp³-hybridized carbons (Fsp3) is 0.273. The first-order valence-corrected chi connectivity index (χ1v) is 4.40. The molecule has 0 amide bonds. The van der Waals surface area contributed by atoms with Crippen LogP contribution in [0.15, 0.2) is 36.5 Å². The lowest BCUT2D eigenvalue weighted by Gasteiger charge is -1.83. The monoisotopic (exact) mass is 213 g/mol. The first-order valence-electron chi connectivity index (χ1n) is 4.40. The van der Waals surface area contributed by atoms with Gasteiger partial charge in [0.2, 0.25) is 0 Å². The van der Waals surface area contributed by atoms with Gasteiger partial charge in [0.25, 0.3) is 0 Å². The van der Waals surface area contributed by atoms with E-state index in [-0.39, 0.29) is 18.5 Å². The molecule has 0 fully saturated rings. The van der Waals surface area contributed by atoms with Crippen LogP contribution in [0, 0.1) is 0 Å². The van der Waals surface area contributed by atoms with Crippen LogP contribution in [0.5, 0.6) is 0 Å². The van der Waals surface area contributed by atoms with E-state index in [1.165, 1.54) is 10.9 Å². The minimum Gasteiger partial charge on any atom is -0.394 e. The summed E-state index contributed by atoms with van der Waals surface area (Å²) in [6.45, 7) is 3.44. The highest BCUT2D eigenvalue weighted by atomic mass is 35.5. The molecule has 0 saturated heterocycles. The number of rotatable bonds is 0. The Kier molecular flexibility index (Phi) is 6.00. The summed E-state index contributed by atoms with van der Waals surface area (Å²) in [7, 11) is 0. The molecule has 1 aromatic heterocycles. The molecule has 2 nitrogen and oxygen atoms in total. The Bertz CT molecular complexity index is 324. The van der Waals surface area contributed by atoms with E-state index in [4.69, 9.17) is 5.11 Å². The van der Waals surface area contributed by atoms with E-state index in [0.29, 0.717) is 0 Å². The molecular formula is C11H16ClNO. The van der Waals surface area contributed by atoms with E-state index in [2.05, 4.69) is 23.2 Å². The van der Waals surface area contributed by atoms with Gasteiger partial charge in [0.05, 0.1) is 0 Å². The van der Waals surface area contributed by atoms with Crippen molar-refractivity contribution in [2.45, 2.75) is 20.0 Å². The van der Waals surface area contributed by atoms with Gasteiger partial charge in [-0.2, -0.15) is 0 Å². The number of nitrogens with one attached hydrogen (secondary N) is 1. The predicted octanol–water partition coefficient (Wildman–Crippen LogP) is 2.98. The lowest BCUT2D eigenvalue weighted by Crippen LogP contribution is -1.85. The maximum absolute atomic E-state index is 8.06.